The molecule has 0 atom stereocenters. The predicted octanol–water partition coefficient (Wildman–Crippen LogP) is 4.25. The highest BCUT2D eigenvalue weighted by Gasteiger charge is 2.06. The summed E-state index contributed by atoms with van der Waals surface area (Å²) in [5, 5.41) is 12.5. The second-order valence-electron chi connectivity index (χ2n) is 4.94. The molecule has 0 radical (unpaired) electrons. The summed E-state index contributed by atoms with van der Waals surface area (Å²) in [5.41, 5.74) is 5.58. The number of hydrogen-bond acceptors (Lipinski definition) is 5. The van der Waals surface area contributed by atoms with Gasteiger partial charge >= 0.3 is 0 Å². The van der Waals surface area contributed by atoms with E-state index in [1.54, 1.807) is 13.3 Å². The van der Waals surface area contributed by atoms with Gasteiger partial charge in [-0.3, -0.25) is 5.43 Å². The summed E-state index contributed by atoms with van der Waals surface area (Å²) in [5.74, 6) is 1.32. The molecule has 5 nitrogen and oxygen atoms in total. The van der Waals surface area contributed by atoms with Crippen molar-refractivity contribution in [2.75, 3.05) is 12.5 Å². The van der Waals surface area contributed by atoms with Gasteiger partial charge in [0.1, 0.15) is 5.75 Å². The van der Waals surface area contributed by atoms with Crippen LogP contribution < -0.4 is 10.2 Å². The highest BCUT2D eigenvalue weighted by molar-refractivity contribution is 6.32. The second-order valence-corrected chi connectivity index (χ2v) is 5.30. The number of methoxy groups -OCH3 is 1. The Kier molecular flexibility index (Phi) is 5.03. The second kappa shape index (κ2) is 7.57. The largest absolute Gasteiger partial charge is 0.497 e. The van der Waals surface area contributed by atoms with E-state index in [2.05, 4.69) is 20.7 Å². The van der Waals surface area contributed by atoms with Crippen molar-refractivity contribution in [1.29, 1.82) is 0 Å². The molecule has 3 aromatic rings. The monoisotopic (exact) mass is 338 g/mol. The van der Waals surface area contributed by atoms with Crippen molar-refractivity contribution in [2.45, 2.75) is 0 Å². The van der Waals surface area contributed by atoms with Crippen LogP contribution in [-0.2, 0) is 0 Å². The molecule has 120 valence electrons. The smallest absolute Gasteiger partial charge is 0.169 e. The molecule has 0 aliphatic heterocycles. The Labute approximate surface area is 145 Å². The van der Waals surface area contributed by atoms with E-state index in [9.17, 15) is 0 Å². The van der Waals surface area contributed by atoms with Crippen molar-refractivity contribution in [2.24, 2.45) is 5.10 Å². The quantitative estimate of drug-likeness (QED) is 0.558. The van der Waals surface area contributed by atoms with Gasteiger partial charge in [0.05, 0.1) is 13.3 Å². The molecule has 1 aromatic heterocycles. The van der Waals surface area contributed by atoms with Gasteiger partial charge in [-0.2, -0.15) is 5.10 Å². The molecule has 3 rings (SSSR count). The molecule has 0 bridgehead atoms. The normalized spacial score (nSPS) is 10.8. The van der Waals surface area contributed by atoms with Crippen LogP contribution in [0.3, 0.4) is 0 Å². The number of benzene rings is 2. The molecular formula is C18H15ClN4O. The summed E-state index contributed by atoms with van der Waals surface area (Å²) in [6.45, 7) is 0. The zero-order chi connectivity index (χ0) is 16.8. The van der Waals surface area contributed by atoms with Crippen molar-refractivity contribution in [3.8, 4) is 16.9 Å². The van der Waals surface area contributed by atoms with E-state index in [1.807, 2.05) is 60.7 Å². The van der Waals surface area contributed by atoms with Crippen LogP contribution in [-0.4, -0.2) is 23.5 Å². The van der Waals surface area contributed by atoms with Crippen LogP contribution in [0, 0.1) is 0 Å². The Balaban J connectivity index is 1.74. The van der Waals surface area contributed by atoms with Gasteiger partial charge in [0, 0.05) is 5.56 Å². The number of hydrogen-bond donors (Lipinski definition) is 1. The SMILES string of the molecule is COc1ccc(/C=N/Nc2cc(-c3ccccc3)c(Cl)nn2)cc1. The number of anilines is 1. The summed E-state index contributed by atoms with van der Waals surface area (Å²) in [4.78, 5) is 0. The third-order valence-corrected chi connectivity index (χ3v) is 3.62. The van der Waals surface area contributed by atoms with Crippen LogP contribution >= 0.6 is 11.6 Å². The van der Waals surface area contributed by atoms with Crippen LogP contribution in [0.1, 0.15) is 5.56 Å². The lowest BCUT2D eigenvalue weighted by Gasteiger charge is -2.05. The fourth-order valence-electron chi connectivity index (χ4n) is 2.11. The highest BCUT2D eigenvalue weighted by Crippen LogP contribution is 2.27. The lowest BCUT2D eigenvalue weighted by molar-refractivity contribution is 0.415. The molecule has 0 amide bonds. The number of nitrogens with zero attached hydrogens (tertiary/aromatic N) is 3. The van der Waals surface area contributed by atoms with Gasteiger partial charge in [-0.05, 0) is 41.5 Å². The summed E-state index contributed by atoms with van der Waals surface area (Å²) in [6, 6.07) is 19.1. The van der Waals surface area contributed by atoms with Gasteiger partial charge in [0.2, 0.25) is 0 Å². The van der Waals surface area contributed by atoms with E-state index in [-0.39, 0.29) is 0 Å². The number of nitrogens with one attached hydrogen (secondary N) is 1. The summed E-state index contributed by atoms with van der Waals surface area (Å²) < 4.78 is 5.12. The first-order valence-corrected chi connectivity index (χ1v) is 7.66. The van der Waals surface area contributed by atoms with Crippen molar-refractivity contribution < 1.29 is 4.74 Å². The molecule has 0 aliphatic carbocycles. The number of halogens is 1. The third kappa shape index (κ3) is 3.88. The van der Waals surface area contributed by atoms with E-state index in [0.717, 1.165) is 22.4 Å². The first-order valence-electron chi connectivity index (χ1n) is 7.28. The third-order valence-electron chi connectivity index (χ3n) is 3.34. The molecule has 1 heterocycles. The average Bonchev–Trinajstić information content (AvgIpc) is 2.64. The summed E-state index contributed by atoms with van der Waals surface area (Å²) in [6.07, 6.45) is 1.69. The molecule has 1 N–H and O–H groups in total. The fraction of sp³-hybridized carbons (Fsp3) is 0.0556. The Morgan fingerprint density at radius 3 is 2.50 bits per heavy atom. The van der Waals surface area contributed by atoms with Crippen LogP contribution in [0.5, 0.6) is 5.75 Å². The molecule has 6 heteroatoms. The predicted molar refractivity (Wildman–Crippen MR) is 96.7 cm³/mol. The molecule has 0 unspecified atom stereocenters. The van der Waals surface area contributed by atoms with Gasteiger partial charge in [-0.15, -0.1) is 10.2 Å². The number of aromatic nitrogens is 2. The van der Waals surface area contributed by atoms with Crippen LogP contribution in [0.15, 0.2) is 65.8 Å². The maximum absolute atomic E-state index is 6.14. The lowest BCUT2D eigenvalue weighted by atomic mass is 10.1. The molecule has 0 saturated carbocycles. The number of ether oxygens (including phenoxy) is 1. The highest BCUT2D eigenvalue weighted by atomic mass is 35.5. The number of hydrazone groups is 1. The zero-order valence-electron chi connectivity index (χ0n) is 13.0. The Hall–Kier alpha value is -2.92. The van der Waals surface area contributed by atoms with Crippen LogP contribution in [0.2, 0.25) is 5.15 Å². The van der Waals surface area contributed by atoms with Gasteiger partial charge < -0.3 is 4.74 Å². The minimum atomic E-state index is 0.353. The van der Waals surface area contributed by atoms with E-state index in [4.69, 9.17) is 16.3 Å². The lowest BCUT2D eigenvalue weighted by Crippen LogP contribution is -1.97. The summed E-state index contributed by atoms with van der Waals surface area (Å²) >= 11 is 6.14. The van der Waals surface area contributed by atoms with E-state index < -0.39 is 0 Å². The number of rotatable bonds is 5. The molecule has 24 heavy (non-hydrogen) atoms. The first kappa shape index (κ1) is 16.0. The van der Waals surface area contributed by atoms with E-state index in [0.29, 0.717) is 11.0 Å². The average molecular weight is 339 g/mol. The van der Waals surface area contributed by atoms with Crippen LogP contribution in [0.4, 0.5) is 5.82 Å². The van der Waals surface area contributed by atoms with Crippen LogP contribution in [0.25, 0.3) is 11.1 Å². The van der Waals surface area contributed by atoms with E-state index in [1.165, 1.54) is 0 Å². The molecule has 0 fully saturated rings. The Morgan fingerprint density at radius 1 is 1.04 bits per heavy atom. The Morgan fingerprint density at radius 2 is 1.79 bits per heavy atom. The van der Waals surface area contributed by atoms with E-state index >= 15 is 0 Å². The minimum absolute atomic E-state index is 0.353. The van der Waals surface area contributed by atoms with Gasteiger partial charge in [-0.25, -0.2) is 0 Å². The van der Waals surface area contributed by atoms with Gasteiger partial charge in [0.25, 0.3) is 0 Å². The minimum Gasteiger partial charge on any atom is -0.497 e. The van der Waals surface area contributed by atoms with Gasteiger partial charge in [0.15, 0.2) is 11.0 Å². The van der Waals surface area contributed by atoms with Gasteiger partial charge in [-0.1, -0.05) is 41.9 Å². The maximum Gasteiger partial charge on any atom is 0.169 e. The topological polar surface area (TPSA) is 59.4 Å². The Bertz CT molecular complexity index is 835. The summed E-state index contributed by atoms with van der Waals surface area (Å²) in [7, 11) is 1.63. The van der Waals surface area contributed by atoms with Crippen molar-refractivity contribution in [3.05, 3.63) is 71.4 Å². The molecule has 0 spiro atoms. The zero-order valence-corrected chi connectivity index (χ0v) is 13.7. The maximum atomic E-state index is 6.14. The van der Waals surface area contributed by atoms with Crippen molar-refractivity contribution in [1.82, 2.24) is 10.2 Å². The van der Waals surface area contributed by atoms with Crippen molar-refractivity contribution >= 4 is 23.6 Å². The first-order chi connectivity index (χ1) is 11.8. The molecule has 0 aliphatic rings. The standard InChI is InChI=1S/C18H15ClN4O/c1-24-15-9-7-13(8-10-15)12-20-21-17-11-16(18(19)23-22-17)14-5-3-2-4-6-14/h2-12H,1H3,(H,21,22)/b20-12+. The fourth-order valence-corrected chi connectivity index (χ4v) is 2.32. The molecule has 0 saturated heterocycles. The molecule has 2 aromatic carbocycles. The van der Waals surface area contributed by atoms with Crippen molar-refractivity contribution in [3.63, 3.8) is 0 Å². The molecular weight excluding hydrogens is 324 g/mol.